The third-order valence-electron chi connectivity index (χ3n) is 2.32. The number of aliphatic hydroxyl groups excluding tert-OH is 1. The highest BCUT2D eigenvalue weighted by Gasteiger charge is 2.16. The largest absolute Gasteiger partial charge is 0.442 e. The van der Waals surface area contributed by atoms with Crippen LogP contribution in [-0.4, -0.2) is 23.4 Å². The van der Waals surface area contributed by atoms with Gasteiger partial charge in [-0.15, -0.1) is 0 Å². The van der Waals surface area contributed by atoms with Gasteiger partial charge in [0.1, 0.15) is 17.2 Å². The lowest BCUT2D eigenvalue weighted by Crippen LogP contribution is -2.32. The Labute approximate surface area is 121 Å². The fourth-order valence-electron chi connectivity index (χ4n) is 1.51. The van der Waals surface area contributed by atoms with Crippen molar-refractivity contribution in [2.45, 2.75) is 38.9 Å². The van der Waals surface area contributed by atoms with E-state index in [1.807, 2.05) is 5.48 Å². The summed E-state index contributed by atoms with van der Waals surface area (Å²) in [5, 5.41) is 9.76. The van der Waals surface area contributed by atoms with Crippen molar-refractivity contribution in [3.05, 3.63) is 35.4 Å². The first-order valence-corrected chi connectivity index (χ1v) is 6.42. The Balaban J connectivity index is 2.34. The Kier molecular flexibility index (Phi) is 6.04. The SMILES string of the molecule is CC(C)(C)OC(=O)NOCCC(O)c1cc(F)cc(F)c1. The summed E-state index contributed by atoms with van der Waals surface area (Å²) in [7, 11) is 0. The van der Waals surface area contributed by atoms with Crippen molar-refractivity contribution in [2.75, 3.05) is 6.61 Å². The molecule has 118 valence electrons. The molecule has 1 amide bonds. The van der Waals surface area contributed by atoms with Crippen molar-refractivity contribution in [1.82, 2.24) is 5.48 Å². The smallest absolute Gasteiger partial charge is 0.431 e. The van der Waals surface area contributed by atoms with Crippen LogP contribution in [0.4, 0.5) is 13.6 Å². The number of benzene rings is 1. The Morgan fingerprint density at radius 2 is 1.86 bits per heavy atom. The fraction of sp³-hybridized carbons (Fsp3) is 0.500. The van der Waals surface area contributed by atoms with Crippen LogP contribution >= 0.6 is 0 Å². The summed E-state index contributed by atoms with van der Waals surface area (Å²) in [6, 6.07) is 2.79. The molecule has 7 heteroatoms. The first kappa shape index (κ1) is 17.3. The van der Waals surface area contributed by atoms with Gasteiger partial charge >= 0.3 is 6.09 Å². The van der Waals surface area contributed by atoms with E-state index < -0.39 is 29.4 Å². The number of carbonyl (C=O) groups is 1. The number of aliphatic hydroxyl groups is 1. The van der Waals surface area contributed by atoms with Crippen LogP contribution in [-0.2, 0) is 9.57 Å². The normalized spacial score (nSPS) is 12.9. The third-order valence-corrected chi connectivity index (χ3v) is 2.32. The zero-order chi connectivity index (χ0) is 16.0. The predicted octanol–water partition coefficient (Wildman–Crippen LogP) is 2.84. The summed E-state index contributed by atoms with van der Waals surface area (Å²) in [5.74, 6) is -1.53. The summed E-state index contributed by atoms with van der Waals surface area (Å²) in [4.78, 5) is 16.1. The van der Waals surface area contributed by atoms with Gasteiger partial charge in [0, 0.05) is 12.5 Å². The fourth-order valence-corrected chi connectivity index (χ4v) is 1.51. The van der Waals surface area contributed by atoms with Gasteiger partial charge in [-0.1, -0.05) is 0 Å². The standard InChI is InChI=1S/C14H19F2NO4/c1-14(2,3)21-13(19)17-20-5-4-12(18)9-6-10(15)8-11(16)7-9/h6-8,12,18H,4-5H2,1-3H3,(H,17,19). The van der Waals surface area contributed by atoms with Crippen LogP contribution in [0.5, 0.6) is 0 Å². The van der Waals surface area contributed by atoms with E-state index in [4.69, 9.17) is 9.57 Å². The van der Waals surface area contributed by atoms with Crippen LogP contribution in [0.2, 0.25) is 0 Å². The number of amides is 1. The van der Waals surface area contributed by atoms with E-state index in [1.165, 1.54) is 0 Å². The minimum absolute atomic E-state index is 0.0431. The molecule has 1 rings (SSSR count). The lowest BCUT2D eigenvalue weighted by molar-refractivity contribution is -0.0162. The molecule has 0 bridgehead atoms. The number of hydrogen-bond acceptors (Lipinski definition) is 4. The van der Waals surface area contributed by atoms with Gasteiger partial charge < -0.3 is 9.84 Å². The van der Waals surface area contributed by atoms with Gasteiger partial charge in [0.2, 0.25) is 0 Å². The van der Waals surface area contributed by atoms with E-state index in [1.54, 1.807) is 20.8 Å². The molecule has 0 spiro atoms. The van der Waals surface area contributed by atoms with Crippen LogP contribution in [0.25, 0.3) is 0 Å². The average Bonchev–Trinajstić information content (AvgIpc) is 2.31. The molecule has 1 unspecified atom stereocenters. The number of hydrogen-bond donors (Lipinski definition) is 2. The van der Waals surface area contributed by atoms with Gasteiger partial charge in [-0.3, -0.25) is 4.84 Å². The predicted molar refractivity (Wildman–Crippen MR) is 71.3 cm³/mol. The number of nitrogens with one attached hydrogen (secondary N) is 1. The van der Waals surface area contributed by atoms with E-state index in [9.17, 15) is 18.7 Å². The second-order valence-electron chi connectivity index (χ2n) is 5.46. The lowest BCUT2D eigenvalue weighted by Gasteiger charge is -2.19. The first-order valence-electron chi connectivity index (χ1n) is 6.42. The molecule has 0 heterocycles. The average molecular weight is 303 g/mol. The van der Waals surface area contributed by atoms with Crippen molar-refractivity contribution in [2.24, 2.45) is 0 Å². The number of hydroxylamine groups is 1. The van der Waals surface area contributed by atoms with Crippen molar-refractivity contribution in [1.29, 1.82) is 0 Å². The summed E-state index contributed by atoms with van der Waals surface area (Å²) < 4.78 is 30.9. The Morgan fingerprint density at radius 1 is 1.29 bits per heavy atom. The molecule has 0 fully saturated rings. The molecule has 0 aromatic heterocycles. The zero-order valence-electron chi connectivity index (χ0n) is 12.2. The Bertz CT molecular complexity index is 468. The van der Waals surface area contributed by atoms with Gasteiger partial charge in [0.25, 0.3) is 0 Å². The number of carbonyl (C=O) groups excluding carboxylic acids is 1. The van der Waals surface area contributed by atoms with Crippen molar-refractivity contribution in [3.8, 4) is 0 Å². The maximum absolute atomic E-state index is 13.0. The topological polar surface area (TPSA) is 67.8 Å². The molecule has 1 aromatic rings. The molecule has 0 aliphatic rings. The maximum Gasteiger partial charge on any atom is 0.431 e. The van der Waals surface area contributed by atoms with E-state index in [2.05, 4.69) is 0 Å². The summed E-state index contributed by atoms with van der Waals surface area (Å²) >= 11 is 0. The van der Waals surface area contributed by atoms with Crippen LogP contribution < -0.4 is 5.48 Å². The second kappa shape index (κ2) is 7.33. The summed E-state index contributed by atoms with van der Waals surface area (Å²) in [5.41, 5.74) is 1.51. The highest BCUT2D eigenvalue weighted by atomic mass is 19.1. The summed E-state index contributed by atoms with van der Waals surface area (Å²) in [6.45, 7) is 5.07. The van der Waals surface area contributed by atoms with Crippen molar-refractivity contribution < 1.29 is 28.3 Å². The summed E-state index contributed by atoms with van der Waals surface area (Å²) in [6.07, 6.45) is -1.80. The molecule has 2 N–H and O–H groups in total. The maximum atomic E-state index is 13.0. The molecule has 21 heavy (non-hydrogen) atoms. The minimum Gasteiger partial charge on any atom is -0.442 e. The molecular weight excluding hydrogens is 284 g/mol. The molecule has 0 saturated heterocycles. The van der Waals surface area contributed by atoms with Crippen LogP contribution in [0.3, 0.4) is 0 Å². The van der Waals surface area contributed by atoms with Crippen molar-refractivity contribution >= 4 is 6.09 Å². The molecule has 0 radical (unpaired) electrons. The van der Waals surface area contributed by atoms with Gasteiger partial charge in [-0.2, -0.15) is 5.48 Å². The second-order valence-corrected chi connectivity index (χ2v) is 5.46. The molecule has 1 aromatic carbocycles. The van der Waals surface area contributed by atoms with E-state index in [0.717, 1.165) is 18.2 Å². The van der Waals surface area contributed by atoms with Gasteiger partial charge in [0.15, 0.2) is 0 Å². The van der Waals surface area contributed by atoms with Gasteiger partial charge in [0.05, 0.1) is 12.7 Å². The number of rotatable bonds is 5. The van der Waals surface area contributed by atoms with E-state index in [-0.39, 0.29) is 18.6 Å². The molecule has 1 atom stereocenters. The number of halogens is 2. The molecular formula is C14H19F2NO4. The lowest BCUT2D eigenvalue weighted by atomic mass is 10.1. The number of ether oxygens (including phenoxy) is 1. The quantitative estimate of drug-likeness (QED) is 0.648. The van der Waals surface area contributed by atoms with E-state index >= 15 is 0 Å². The van der Waals surface area contributed by atoms with E-state index in [0.29, 0.717) is 0 Å². The van der Waals surface area contributed by atoms with Crippen LogP contribution in [0.15, 0.2) is 18.2 Å². The van der Waals surface area contributed by atoms with Gasteiger partial charge in [-0.25, -0.2) is 13.6 Å². The van der Waals surface area contributed by atoms with Crippen LogP contribution in [0, 0.1) is 11.6 Å². The minimum atomic E-state index is -1.10. The van der Waals surface area contributed by atoms with Gasteiger partial charge in [-0.05, 0) is 38.5 Å². The molecule has 0 aliphatic heterocycles. The molecule has 0 saturated carbocycles. The Morgan fingerprint density at radius 3 is 2.38 bits per heavy atom. The zero-order valence-corrected chi connectivity index (χ0v) is 12.2. The molecule has 0 aliphatic carbocycles. The first-order chi connectivity index (χ1) is 9.67. The monoisotopic (exact) mass is 303 g/mol. The van der Waals surface area contributed by atoms with Crippen molar-refractivity contribution in [3.63, 3.8) is 0 Å². The van der Waals surface area contributed by atoms with Crippen LogP contribution in [0.1, 0.15) is 38.9 Å². The highest BCUT2D eigenvalue weighted by molar-refractivity contribution is 5.66. The molecule has 5 nitrogen and oxygen atoms in total. The third kappa shape index (κ3) is 7.01. The highest BCUT2D eigenvalue weighted by Crippen LogP contribution is 2.19. The Hall–Kier alpha value is -1.73.